The molecular weight excluding hydrogens is 318 g/mol. The third-order valence-corrected chi connectivity index (χ3v) is 5.42. The zero-order valence-electron chi connectivity index (χ0n) is 15.4. The molecule has 0 bridgehead atoms. The number of likely N-dealkylation sites (N-methyl/N-ethyl adjacent to an activating group) is 1. The summed E-state index contributed by atoms with van der Waals surface area (Å²) in [6.45, 7) is 3.77. The zero-order valence-corrected chi connectivity index (χ0v) is 15.4. The highest BCUT2D eigenvalue weighted by Gasteiger charge is 2.26. The van der Waals surface area contributed by atoms with E-state index >= 15 is 0 Å². The summed E-state index contributed by atoms with van der Waals surface area (Å²) in [6, 6.07) is 28.2. The Morgan fingerprint density at radius 2 is 1.35 bits per heavy atom. The Morgan fingerprint density at radius 3 is 2.08 bits per heavy atom. The minimum atomic E-state index is 0.0412. The molecule has 2 atom stereocenters. The topological polar surface area (TPSA) is 12.5 Å². The number of fused-ring (bicyclic) bond motifs is 3. The zero-order chi connectivity index (χ0) is 17.9. The summed E-state index contributed by atoms with van der Waals surface area (Å²) >= 11 is 0. The molecule has 1 unspecified atom stereocenters. The third-order valence-electron chi connectivity index (χ3n) is 5.42. The van der Waals surface area contributed by atoms with E-state index in [1.54, 1.807) is 0 Å². The van der Waals surface area contributed by atoms with Crippen molar-refractivity contribution in [3.63, 3.8) is 0 Å². The minimum Gasteiger partial charge on any atom is -0.367 e. The van der Waals surface area contributed by atoms with Gasteiger partial charge in [0.2, 0.25) is 0 Å². The average Bonchev–Trinajstić information content (AvgIpc) is 2.69. The predicted molar refractivity (Wildman–Crippen MR) is 107 cm³/mol. The van der Waals surface area contributed by atoms with E-state index in [0.29, 0.717) is 6.61 Å². The molecule has 0 saturated heterocycles. The van der Waals surface area contributed by atoms with Crippen LogP contribution in [-0.2, 0) is 17.9 Å². The first kappa shape index (κ1) is 17.0. The van der Waals surface area contributed by atoms with Crippen LogP contribution in [0.5, 0.6) is 0 Å². The van der Waals surface area contributed by atoms with E-state index in [9.17, 15) is 0 Å². The van der Waals surface area contributed by atoms with Crippen LogP contribution in [0, 0.1) is 0 Å². The minimum absolute atomic E-state index is 0.0412. The lowest BCUT2D eigenvalue weighted by Gasteiger charge is -2.34. The van der Waals surface area contributed by atoms with Crippen molar-refractivity contribution in [2.75, 3.05) is 7.05 Å². The molecule has 1 aliphatic rings. The van der Waals surface area contributed by atoms with Gasteiger partial charge in [0.1, 0.15) is 0 Å². The lowest BCUT2D eigenvalue weighted by molar-refractivity contribution is -0.0159. The van der Waals surface area contributed by atoms with Crippen molar-refractivity contribution in [2.24, 2.45) is 0 Å². The lowest BCUT2D eigenvalue weighted by Crippen LogP contribution is -2.35. The monoisotopic (exact) mass is 343 g/mol. The first-order chi connectivity index (χ1) is 12.7. The predicted octanol–water partition coefficient (Wildman–Crippen LogP) is 5.45. The van der Waals surface area contributed by atoms with Gasteiger partial charge in [-0.05, 0) is 41.8 Å². The molecule has 2 heteroatoms. The Hall–Kier alpha value is -2.42. The Balaban J connectivity index is 1.80. The van der Waals surface area contributed by atoms with Crippen molar-refractivity contribution >= 4 is 0 Å². The van der Waals surface area contributed by atoms with Crippen molar-refractivity contribution in [3.8, 4) is 11.1 Å². The number of benzene rings is 3. The van der Waals surface area contributed by atoms with E-state index in [4.69, 9.17) is 4.74 Å². The van der Waals surface area contributed by atoms with Crippen molar-refractivity contribution in [3.05, 3.63) is 95.6 Å². The van der Waals surface area contributed by atoms with Crippen LogP contribution in [0.25, 0.3) is 11.1 Å². The number of hydrogen-bond donors (Lipinski definition) is 0. The third kappa shape index (κ3) is 3.31. The fourth-order valence-corrected chi connectivity index (χ4v) is 3.81. The molecule has 26 heavy (non-hydrogen) atoms. The summed E-state index contributed by atoms with van der Waals surface area (Å²) in [4.78, 5) is 2.39. The summed E-state index contributed by atoms with van der Waals surface area (Å²) in [5, 5.41) is 0. The summed E-state index contributed by atoms with van der Waals surface area (Å²) in [5.74, 6) is 0. The molecule has 0 aliphatic carbocycles. The lowest BCUT2D eigenvalue weighted by atomic mass is 9.93. The van der Waals surface area contributed by atoms with E-state index in [-0.39, 0.29) is 12.1 Å². The fraction of sp³-hybridized carbons (Fsp3) is 0.250. The van der Waals surface area contributed by atoms with Gasteiger partial charge in [0.15, 0.2) is 0 Å². The van der Waals surface area contributed by atoms with Crippen molar-refractivity contribution < 1.29 is 4.74 Å². The Kier molecular flexibility index (Phi) is 4.87. The van der Waals surface area contributed by atoms with Gasteiger partial charge in [0.05, 0.1) is 12.7 Å². The maximum Gasteiger partial charge on any atom is 0.0981 e. The highest BCUT2D eigenvalue weighted by molar-refractivity contribution is 5.70. The van der Waals surface area contributed by atoms with Crippen LogP contribution >= 0.6 is 0 Å². The summed E-state index contributed by atoms with van der Waals surface area (Å²) < 4.78 is 6.49. The fourth-order valence-electron chi connectivity index (χ4n) is 3.81. The van der Waals surface area contributed by atoms with E-state index in [0.717, 1.165) is 6.54 Å². The largest absolute Gasteiger partial charge is 0.367 e. The molecule has 1 aliphatic heterocycles. The molecule has 0 radical (unpaired) electrons. The van der Waals surface area contributed by atoms with Crippen LogP contribution in [0.2, 0.25) is 0 Å². The normalized spacial score (nSPS) is 20.8. The van der Waals surface area contributed by atoms with Crippen LogP contribution in [0.3, 0.4) is 0 Å². The van der Waals surface area contributed by atoms with Gasteiger partial charge in [0.25, 0.3) is 0 Å². The van der Waals surface area contributed by atoms with E-state index in [1.165, 1.54) is 27.8 Å². The van der Waals surface area contributed by atoms with Crippen LogP contribution in [0.1, 0.15) is 29.7 Å². The van der Waals surface area contributed by atoms with E-state index in [2.05, 4.69) is 97.7 Å². The molecule has 3 aromatic carbocycles. The Morgan fingerprint density at radius 1 is 0.769 bits per heavy atom. The van der Waals surface area contributed by atoms with Gasteiger partial charge in [0, 0.05) is 12.6 Å². The SMILES string of the molecule is CC1[C@H](c2ccccc2)OCc2ccccc2-c2ccccc2CN1C. The van der Waals surface area contributed by atoms with E-state index < -0.39 is 0 Å². The molecule has 0 saturated carbocycles. The molecule has 4 rings (SSSR count). The Labute approximate surface area is 156 Å². The smallest absolute Gasteiger partial charge is 0.0981 e. The van der Waals surface area contributed by atoms with Crippen LogP contribution in [-0.4, -0.2) is 18.0 Å². The highest BCUT2D eigenvalue weighted by Crippen LogP contribution is 2.33. The summed E-state index contributed by atoms with van der Waals surface area (Å²) in [5.41, 5.74) is 6.43. The van der Waals surface area contributed by atoms with Crippen molar-refractivity contribution in [2.45, 2.75) is 32.2 Å². The molecule has 2 nitrogen and oxygen atoms in total. The van der Waals surface area contributed by atoms with Gasteiger partial charge in [-0.1, -0.05) is 78.9 Å². The van der Waals surface area contributed by atoms with Gasteiger partial charge >= 0.3 is 0 Å². The van der Waals surface area contributed by atoms with Gasteiger partial charge in [-0.15, -0.1) is 0 Å². The molecule has 1 heterocycles. The highest BCUT2D eigenvalue weighted by atomic mass is 16.5. The maximum atomic E-state index is 6.49. The van der Waals surface area contributed by atoms with Crippen LogP contribution in [0.4, 0.5) is 0 Å². The Bertz CT molecular complexity index is 874. The van der Waals surface area contributed by atoms with E-state index in [1.807, 2.05) is 0 Å². The molecule has 3 aromatic rings. The number of nitrogens with zero attached hydrogens (tertiary/aromatic N) is 1. The molecule has 0 spiro atoms. The molecule has 0 fully saturated rings. The molecule has 132 valence electrons. The number of ether oxygens (including phenoxy) is 1. The molecule has 0 N–H and O–H groups in total. The standard InChI is InChI=1S/C24H25NO/c1-18-24(19-10-4-3-5-11-19)26-17-21-13-7-9-15-23(21)22-14-8-6-12-20(22)16-25(18)2/h3-15,18,24H,16-17H2,1-2H3/t18?,24-/m1/s1. The van der Waals surface area contributed by atoms with Gasteiger partial charge in [-0.3, -0.25) is 4.90 Å². The quantitative estimate of drug-likeness (QED) is 0.583. The molecule has 0 aromatic heterocycles. The number of rotatable bonds is 1. The van der Waals surface area contributed by atoms with Gasteiger partial charge in [-0.2, -0.15) is 0 Å². The average molecular weight is 343 g/mol. The second-order valence-electron chi connectivity index (χ2n) is 7.11. The number of hydrogen-bond acceptors (Lipinski definition) is 2. The summed E-state index contributed by atoms with van der Waals surface area (Å²) in [6.07, 6.45) is 0.0412. The maximum absolute atomic E-state index is 6.49. The second-order valence-corrected chi connectivity index (χ2v) is 7.11. The first-order valence-corrected chi connectivity index (χ1v) is 9.27. The van der Waals surface area contributed by atoms with Crippen LogP contribution < -0.4 is 0 Å². The second kappa shape index (κ2) is 7.45. The summed E-state index contributed by atoms with van der Waals surface area (Å²) in [7, 11) is 2.19. The molecule has 0 amide bonds. The first-order valence-electron chi connectivity index (χ1n) is 9.27. The van der Waals surface area contributed by atoms with Crippen LogP contribution in [0.15, 0.2) is 78.9 Å². The van der Waals surface area contributed by atoms with Gasteiger partial charge < -0.3 is 4.74 Å². The van der Waals surface area contributed by atoms with Crippen molar-refractivity contribution in [1.82, 2.24) is 4.90 Å². The van der Waals surface area contributed by atoms with Gasteiger partial charge in [-0.25, -0.2) is 0 Å². The van der Waals surface area contributed by atoms with Crippen molar-refractivity contribution in [1.29, 1.82) is 0 Å². The molecular formula is C24H25NO.